The molecular weight excluding hydrogens is 345 g/mol. The van der Waals surface area contributed by atoms with E-state index in [9.17, 15) is 14.0 Å². The minimum atomic E-state index is -0.916. The molecule has 0 spiro atoms. The molecule has 0 radical (unpaired) electrons. The van der Waals surface area contributed by atoms with Crippen molar-refractivity contribution in [3.63, 3.8) is 0 Å². The highest BCUT2D eigenvalue weighted by Crippen LogP contribution is 2.28. The average molecular weight is 371 g/mol. The summed E-state index contributed by atoms with van der Waals surface area (Å²) >= 11 is 1.15. The second kappa shape index (κ2) is 12.1. The normalized spacial score (nSPS) is 9.64. The summed E-state index contributed by atoms with van der Waals surface area (Å²) in [5.41, 5.74) is 10.7. The third-order valence-corrected chi connectivity index (χ3v) is 2.87. The number of nitriles is 1. The minimum Gasteiger partial charge on any atom is -0.481 e. The van der Waals surface area contributed by atoms with Gasteiger partial charge in [0.25, 0.3) is 0 Å². The molecule has 140 valence electrons. The molecule has 1 rings (SSSR count). The van der Waals surface area contributed by atoms with E-state index >= 15 is 0 Å². The molecule has 0 unspecified atom stereocenters. The van der Waals surface area contributed by atoms with Crippen LogP contribution in [0.1, 0.15) is 46.6 Å². The number of amides is 1. The number of primary amides is 1. The molecule has 0 atom stereocenters. The number of carbonyl (C=O) groups is 2. The third-order valence-electron chi connectivity index (χ3n) is 1.79. The number of hydrogen-bond acceptors (Lipinski definition) is 5. The Balaban J connectivity index is 0. The van der Waals surface area contributed by atoms with Gasteiger partial charge < -0.3 is 16.6 Å². The molecule has 1 amide bonds. The smallest absolute Gasteiger partial charge is 0.304 e. The van der Waals surface area contributed by atoms with Crippen molar-refractivity contribution in [2.45, 2.75) is 45.9 Å². The number of rotatable bonds is 4. The number of thioether (sulfide) groups is 1. The Bertz CT molecular complexity index is 613. The molecule has 0 saturated carbocycles. The van der Waals surface area contributed by atoms with Crippen LogP contribution in [0.25, 0.3) is 0 Å². The molecule has 0 heterocycles. The highest BCUT2D eigenvalue weighted by atomic mass is 32.2. The van der Waals surface area contributed by atoms with Gasteiger partial charge in [0, 0.05) is 23.3 Å². The van der Waals surface area contributed by atoms with Gasteiger partial charge in [0.1, 0.15) is 11.9 Å². The van der Waals surface area contributed by atoms with Gasteiger partial charge in [-0.1, -0.05) is 27.7 Å². The Morgan fingerprint density at radius 1 is 1.32 bits per heavy atom. The van der Waals surface area contributed by atoms with Crippen LogP contribution in [-0.4, -0.2) is 22.7 Å². The van der Waals surface area contributed by atoms with Crippen molar-refractivity contribution in [3.05, 3.63) is 23.5 Å². The Morgan fingerprint density at radius 3 is 2.12 bits per heavy atom. The molecule has 0 aliphatic heterocycles. The number of hydrogen-bond donors (Lipinski definition) is 3. The molecule has 0 bridgehead atoms. The second-order valence-electron chi connectivity index (χ2n) is 6.58. The van der Waals surface area contributed by atoms with Crippen molar-refractivity contribution in [2.75, 3.05) is 11.5 Å². The molecule has 6 nitrogen and oxygen atoms in total. The van der Waals surface area contributed by atoms with Gasteiger partial charge in [-0.05, 0) is 17.5 Å². The van der Waals surface area contributed by atoms with E-state index < -0.39 is 11.8 Å². The van der Waals surface area contributed by atoms with Crippen molar-refractivity contribution in [3.8, 4) is 6.07 Å². The predicted molar refractivity (Wildman–Crippen MR) is 98.5 cm³/mol. The van der Waals surface area contributed by atoms with E-state index in [1.165, 1.54) is 13.0 Å². The summed E-state index contributed by atoms with van der Waals surface area (Å²) in [4.78, 5) is 20.0. The zero-order chi connectivity index (χ0) is 20.2. The van der Waals surface area contributed by atoms with Crippen LogP contribution in [0.2, 0.25) is 0 Å². The van der Waals surface area contributed by atoms with Crippen LogP contribution < -0.4 is 11.5 Å². The van der Waals surface area contributed by atoms with E-state index in [-0.39, 0.29) is 23.6 Å². The van der Waals surface area contributed by atoms with Crippen LogP contribution in [0.15, 0.2) is 17.0 Å². The Morgan fingerprint density at radius 2 is 1.76 bits per heavy atom. The van der Waals surface area contributed by atoms with Gasteiger partial charge in [-0.15, -0.1) is 11.8 Å². The summed E-state index contributed by atoms with van der Waals surface area (Å²) in [7, 11) is 0. The minimum absolute atomic E-state index is 0.0221. The molecule has 0 aromatic heterocycles. The number of carbonyl (C=O) groups excluding carboxylic acids is 1. The highest BCUT2D eigenvalue weighted by molar-refractivity contribution is 7.99. The Labute approximate surface area is 152 Å². The van der Waals surface area contributed by atoms with E-state index in [1.807, 2.05) is 0 Å². The number of nitrogens with zero attached hydrogens (tertiary/aromatic N) is 1. The second-order valence-corrected chi connectivity index (χ2v) is 7.72. The van der Waals surface area contributed by atoms with Crippen molar-refractivity contribution in [1.29, 1.82) is 5.26 Å². The number of benzene rings is 1. The van der Waals surface area contributed by atoms with Crippen LogP contribution in [0.3, 0.4) is 0 Å². The van der Waals surface area contributed by atoms with Crippen LogP contribution in [-0.2, 0) is 9.59 Å². The summed E-state index contributed by atoms with van der Waals surface area (Å²) in [6, 6.07) is 4.08. The fourth-order valence-corrected chi connectivity index (χ4v) is 1.94. The third kappa shape index (κ3) is 17.9. The van der Waals surface area contributed by atoms with Crippen molar-refractivity contribution in [2.24, 2.45) is 11.1 Å². The lowest BCUT2D eigenvalue weighted by molar-refractivity contribution is -0.136. The van der Waals surface area contributed by atoms with Gasteiger partial charge >= 0.3 is 5.97 Å². The van der Waals surface area contributed by atoms with Gasteiger partial charge in [0.2, 0.25) is 5.91 Å². The Hall–Kier alpha value is -2.27. The molecular formula is C17H26FN3O3S. The Kier molecular flexibility index (Phi) is 12.1. The van der Waals surface area contributed by atoms with Crippen molar-refractivity contribution >= 4 is 29.3 Å². The molecule has 0 saturated heterocycles. The maximum absolute atomic E-state index is 13.2. The van der Waals surface area contributed by atoms with Gasteiger partial charge in [0.15, 0.2) is 0 Å². The first-order valence-electron chi connectivity index (χ1n) is 7.37. The summed E-state index contributed by atoms with van der Waals surface area (Å²) in [5.74, 6) is -1.58. The first kappa shape index (κ1) is 25.0. The molecule has 1 aromatic rings. The fraction of sp³-hybridized carbons (Fsp3) is 0.471. The number of anilines is 1. The number of carboxylic acid groups (broad SMARTS) is 1. The molecule has 25 heavy (non-hydrogen) atoms. The number of carboxylic acids is 1. The topological polar surface area (TPSA) is 130 Å². The summed E-state index contributed by atoms with van der Waals surface area (Å²) in [6.45, 7) is 10.1. The monoisotopic (exact) mass is 371 g/mol. The fourth-order valence-electron chi connectivity index (χ4n) is 1.03. The molecule has 0 aliphatic carbocycles. The van der Waals surface area contributed by atoms with Crippen LogP contribution in [0.4, 0.5) is 10.1 Å². The van der Waals surface area contributed by atoms with Crippen molar-refractivity contribution < 1.29 is 19.1 Å². The van der Waals surface area contributed by atoms with E-state index in [2.05, 4.69) is 33.4 Å². The van der Waals surface area contributed by atoms with E-state index in [4.69, 9.17) is 16.1 Å². The molecule has 0 fully saturated rings. The van der Waals surface area contributed by atoms with Crippen molar-refractivity contribution in [1.82, 2.24) is 0 Å². The zero-order valence-corrected chi connectivity index (χ0v) is 16.0. The lowest BCUT2D eigenvalue weighted by Gasteiger charge is -2.05. The summed E-state index contributed by atoms with van der Waals surface area (Å²) < 4.78 is 13.2. The number of nitrogen functional groups attached to an aromatic ring is 1. The SMILES string of the molecule is CC(C)(C)C.CC(N)=O.N#Cc1cc(N)c(SCCC(=O)O)cc1F. The van der Waals surface area contributed by atoms with Gasteiger partial charge in [-0.3, -0.25) is 9.59 Å². The van der Waals surface area contributed by atoms with Gasteiger partial charge in [-0.25, -0.2) is 4.39 Å². The van der Waals surface area contributed by atoms with Crippen LogP contribution >= 0.6 is 11.8 Å². The maximum atomic E-state index is 13.2. The first-order valence-corrected chi connectivity index (χ1v) is 8.36. The first-order chi connectivity index (χ1) is 11.3. The zero-order valence-electron chi connectivity index (χ0n) is 15.2. The lowest BCUT2D eigenvalue weighted by Crippen LogP contribution is -2.01. The molecule has 0 aliphatic rings. The predicted octanol–water partition coefficient (Wildman–Crippen LogP) is 3.39. The number of aliphatic carboxylic acids is 1. The van der Waals surface area contributed by atoms with E-state index in [0.717, 1.165) is 17.8 Å². The largest absolute Gasteiger partial charge is 0.481 e. The van der Waals surface area contributed by atoms with E-state index in [1.54, 1.807) is 6.07 Å². The quantitative estimate of drug-likeness (QED) is 0.549. The number of halogens is 1. The number of nitrogens with two attached hydrogens (primary N) is 2. The van der Waals surface area contributed by atoms with Crippen LogP contribution in [0, 0.1) is 22.6 Å². The molecule has 1 aromatic carbocycles. The highest BCUT2D eigenvalue weighted by Gasteiger charge is 2.08. The molecule has 5 N–H and O–H groups in total. The summed E-state index contributed by atoms with van der Waals surface area (Å²) in [6.07, 6.45) is -0.0221. The lowest BCUT2D eigenvalue weighted by atomic mass is 10.0. The average Bonchev–Trinajstić information content (AvgIpc) is 2.39. The maximum Gasteiger partial charge on any atom is 0.304 e. The molecule has 8 heteroatoms. The van der Waals surface area contributed by atoms with Crippen LogP contribution in [0.5, 0.6) is 0 Å². The van der Waals surface area contributed by atoms with Gasteiger partial charge in [-0.2, -0.15) is 5.26 Å². The standard InChI is InChI=1S/C10H9FN2O2S.C5H12.C2H5NO/c11-7-4-9(16-2-1-10(14)15)8(13)3-6(7)5-12;1-5(2,3)4;1-2(3)4/h3-4H,1-2,13H2,(H,14,15);1-4H3;1H3,(H2,3,4). The van der Waals surface area contributed by atoms with Gasteiger partial charge in [0.05, 0.1) is 12.0 Å². The van der Waals surface area contributed by atoms with E-state index in [0.29, 0.717) is 16.1 Å². The summed E-state index contributed by atoms with van der Waals surface area (Å²) in [5, 5.41) is 17.0.